The van der Waals surface area contributed by atoms with Crippen LogP contribution in [0.1, 0.15) is 15.9 Å². The number of hydrogen-bond acceptors (Lipinski definition) is 3. The summed E-state index contributed by atoms with van der Waals surface area (Å²) in [4.78, 5) is 25.9. The third kappa shape index (κ3) is 1.75. The number of fused-ring (bicyclic) bond motifs is 5. The number of hydrogen-bond donors (Lipinski definition) is 1. The van der Waals surface area contributed by atoms with Crippen LogP contribution in [0.2, 0.25) is 0 Å². The molecule has 5 nitrogen and oxygen atoms in total. The van der Waals surface area contributed by atoms with Gasteiger partial charge in [-0.1, -0.05) is 36.4 Å². The lowest BCUT2D eigenvalue weighted by atomic mass is 10.00. The number of benzene rings is 2. The topological polar surface area (TPSA) is 67.8 Å². The van der Waals surface area contributed by atoms with Crippen LogP contribution in [0.25, 0.3) is 33.3 Å². The molecular weight excluding hydrogens is 314 g/mol. The summed E-state index contributed by atoms with van der Waals surface area (Å²) in [5, 5.41) is 8.09. The van der Waals surface area contributed by atoms with Gasteiger partial charge in [-0.15, -0.1) is 0 Å². The Balaban J connectivity index is 1.90. The van der Waals surface area contributed by atoms with E-state index in [1.807, 2.05) is 48.5 Å². The molecule has 2 aromatic carbocycles. The van der Waals surface area contributed by atoms with Gasteiger partial charge in [0.2, 0.25) is 0 Å². The molecule has 1 aliphatic carbocycles. The van der Waals surface area contributed by atoms with Crippen molar-refractivity contribution in [2.45, 2.75) is 0 Å². The third-order valence-corrected chi connectivity index (χ3v) is 4.86. The monoisotopic (exact) mass is 327 g/mol. The Morgan fingerprint density at radius 2 is 1.76 bits per heavy atom. The van der Waals surface area contributed by atoms with E-state index in [1.165, 1.54) is 0 Å². The molecule has 0 aliphatic heterocycles. The molecule has 0 spiro atoms. The Kier molecular flexibility index (Phi) is 2.65. The van der Waals surface area contributed by atoms with Crippen LogP contribution in [0.15, 0.2) is 59.5 Å². The minimum atomic E-state index is -0.111. The zero-order chi connectivity index (χ0) is 17.1. The molecule has 1 N–H and O–H groups in total. The predicted octanol–water partition coefficient (Wildman–Crippen LogP) is 3.14. The minimum Gasteiger partial charge on any atom is -0.310 e. The average Bonchev–Trinajstić information content (AvgIpc) is 3.27. The molecule has 0 unspecified atom stereocenters. The maximum absolute atomic E-state index is 13.0. The molecule has 0 bridgehead atoms. The van der Waals surface area contributed by atoms with Crippen LogP contribution in [-0.4, -0.2) is 20.5 Å². The van der Waals surface area contributed by atoms with Gasteiger partial charge in [-0.2, -0.15) is 5.10 Å². The number of aromatic amines is 1. The molecule has 0 fully saturated rings. The van der Waals surface area contributed by atoms with E-state index in [2.05, 4.69) is 10.2 Å². The largest absolute Gasteiger partial charge is 0.310 e. The first-order valence-corrected chi connectivity index (χ1v) is 7.97. The number of carbonyl (C=O) groups is 1. The number of aromatic nitrogens is 3. The van der Waals surface area contributed by atoms with Crippen molar-refractivity contribution in [2.24, 2.45) is 7.05 Å². The maximum Gasteiger partial charge on any atom is 0.258 e. The van der Waals surface area contributed by atoms with Crippen molar-refractivity contribution in [1.82, 2.24) is 14.8 Å². The van der Waals surface area contributed by atoms with Crippen molar-refractivity contribution in [3.05, 3.63) is 76.2 Å². The van der Waals surface area contributed by atoms with Gasteiger partial charge in [-0.25, -0.2) is 0 Å². The van der Waals surface area contributed by atoms with Gasteiger partial charge in [-0.05, 0) is 12.1 Å². The van der Waals surface area contributed by atoms with Crippen LogP contribution in [0.3, 0.4) is 0 Å². The first-order chi connectivity index (χ1) is 12.2. The van der Waals surface area contributed by atoms with Crippen molar-refractivity contribution in [1.29, 1.82) is 0 Å². The highest BCUT2D eigenvalue weighted by atomic mass is 16.1. The van der Waals surface area contributed by atoms with Gasteiger partial charge in [0.25, 0.3) is 5.56 Å². The van der Waals surface area contributed by atoms with E-state index < -0.39 is 0 Å². The summed E-state index contributed by atoms with van der Waals surface area (Å²) < 4.78 is 1.58. The molecular formula is C20H13N3O2. The lowest BCUT2D eigenvalue weighted by molar-refractivity contribution is 0.104. The smallest absolute Gasteiger partial charge is 0.258 e. The molecule has 25 heavy (non-hydrogen) atoms. The summed E-state index contributed by atoms with van der Waals surface area (Å²) in [6, 6.07) is 14.9. The highest BCUT2D eigenvalue weighted by molar-refractivity contribution is 6.26. The minimum absolute atomic E-state index is 0.0273. The number of nitrogens with zero attached hydrogens (tertiary/aromatic N) is 2. The summed E-state index contributed by atoms with van der Waals surface area (Å²) in [5.41, 5.74) is 4.37. The van der Waals surface area contributed by atoms with Crippen LogP contribution in [-0.2, 0) is 7.05 Å². The lowest BCUT2D eigenvalue weighted by Gasteiger charge is -2.11. The van der Waals surface area contributed by atoms with Gasteiger partial charge in [0.1, 0.15) is 0 Å². The number of ketones is 1. The van der Waals surface area contributed by atoms with Crippen molar-refractivity contribution < 1.29 is 4.79 Å². The zero-order valence-electron chi connectivity index (χ0n) is 13.4. The highest BCUT2D eigenvalue weighted by Gasteiger charge is 2.31. The maximum atomic E-state index is 13.0. The zero-order valence-corrected chi connectivity index (χ0v) is 13.4. The molecule has 5 heteroatoms. The Morgan fingerprint density at radius 3 is 2.52 bits per heavy atom. The normalized spacial score (nSPS) is 12.4. The summed E-state index contributed by atoms with van der Waals surface area (Å²) in [6.45, 7) is 0. The second-order valence-corrected chi connectivity index (χ2v) is 6.19. The van der Waals surface area contributed by atoms with Gasteiger partial charge < -0.3 is 4.57 Å². The van der Waals surface area contributed by atoms with E-state index in [4.69, 9.17) is 0 Å². The molecule has 0 atom stereocenters. The van der Waals surface area contributed by atoms with Crippen LogP contribution >= 0.6 is 0 Å². The molecule has 0 radical (unpaired) electrons. The van der Waals surface area contributed by atoms with Crippen LogP contribution in [0.4, 0.5) is 0 Å². The summed E-state index contributed by atoms with van der Waals surface area (Å²) >= 11 is 0. The van der Waals surface area contributed by atoms with Crippen molar-refractivity contribution in [3.8, 4) is 22.5 Å². The Labute approximate surface area is 142 Å². The van der Waals surface area contributed by atoms with Crippen molar-refractivity contribution >= 4 is 16.6 Å². The van der Waals surface area contributed by atoms with Crippen LogP contribution in [0, 0.1) is 0 Å². The van der Waals surface area contributed by atoms with Crippen molar-refractivity contribution in [3.63, 3.8) is 0 Å². The molecule has 5 rings (SSSR count). The lowest BCUT2D eigenvalue weighted by Crippen LogP contribution is -2.20. The first-order valence-electron chi connectivity index (χ1n) is 7.97. The van der Waals surface area contributed by atoms with Gasteiger partial charge >= 0.3 is 0 Å². The van der Waals surface area contributed by atoms with Crippen LogP contribution in [0.5, 0.6) is 0 Å². The summed E-state index contributed by atoms with van der Waals surface area (Å²) in [6.07, 6.45) is 1.67. The molecule has 0 amide bonds. The highest BCUT2D eigenvalue weighted by Crippen LogP contribution is 2.39. The quantitative estimate of drug-likeness (QED) is 0.514. The Morgan fingerprint density at radius 1 is 0.960 bits per heavy atom. The van der Waals surface area contributed by atoms with Gasteiger partial charge in [0.15, 0.2) is 5.78 Å². The van der Waals surface area contributed by atoms with E-state index >= 15 is 0 Å². The summed E-state index contributed by atoms with van der Waals surface area (Å²) in [5.74, 6) is -0.0273. The Bertz CT molecular complexity index is 1230. The SMILES string of the molecule is Cn1c2c(c3ccc(-c4ccn[nH]4)cc3c1=O)C(=O)c1ccccc1-2. The van der Waals surface area contributed by atoms with E-state index in [0.717, 1.165) is 16.8 Å². The first kappa shape index (κ1) is 13.9. The van der Waals surface area contributed by atoms with E-state index in [0.29, 0.717) is 27.6 Å². The van der Waals surface area contributed by atoms with E-state index in [1.54, 1.807) is 17.8 Å². The van der Waals surface area contributed by atoms with Crippen molar-refractivity contribution in [2.75, 3.05) is 0 Å². The molecule has 0 saturated carbocycles. The molecule has 0 saturated heterocycles. The number of carbonyl (C=O) groups excluding carboxylic acids is 1. The van der Waals surface area contributed by atoms with Crippen LogP contribution < -0.4 is 5.56 Å². The third-order valence-electron chi connectivity index (χ3n) is 4.86. The Hall–Kier alpha value is -3.47. The molecule has 1 aliphatic rings. The second-order valence-electron chi connectivity index (χ2n) is 6.19. The fraction of sp³-hybridized carbons (Fsp3) is 0.0500. The van der Waals surface area contributed by atoms with E-state index in [9.17, 15) is 9.59 Å². The predicted molar refractivity (Wildman–Crippen MR) is 95.6 cm³/mol. The fourth-order valence-electron chi connectivity index (χ4n) is 3.67. The molecule has 4 aromatic rings. The summed E-state index contributed by atoms with van der Waals surface area (Å²) in [7, 11) is 1.72. The number of pyridine rings is 1. The molecule has 2 aromatic heterocycles. The number of nitrogens with one attached hydrogen (secondary N) is 1. The van der Waals surface area contributed by atoms with E-state index in [-0.39, 0.29) is 11.3 Å². The standard InChI is InChI=1S/C20H13N3O2/c1-23-18-13-4-2-3-5-14(13)19(24)17(18)12-7-6-11(10-15(12)20(23)25)16-8-9-21-22-16/h2-10H,1H3,(H,21,22). The molecule has 2 heterocycles. The average molecular weight is 327 g/mol. The number of H-pyrrole nitrogens is 1. The molecule has 120 valence electrons. The van der Waals surface area contributed by atoms with Gasteiger partial charge in [-0.3, -0.25) is 14.7 Å². The fourth-order valence-corrected chi connectivity index (χ4v) is 3.67. The number of rotatable bonds is 1. The van der Waals surface area contributed by atoms with Gasteiger partial charge in [0, 0.05) is 40.7 Å². The van der Waals surface area contributed by atoms with Gasteiger partial charge in [0.05, 0.1) is 17.0 Å². The second kappa shape index (κ2) is 4.77.